The summed E-state index contributed by atoms with van der Waals surface area (Å²) < 4.78 is 10.7. The van der Waals surface area contributed by atoms with Crippen molar-refractivity contribution >= 4 is 11.6 Å². The number of anilines is 1. The first kappa shape index (κ1) is 14.7. The Labute approximate surface area is 130 Å². The molecule has 1 fully saturated rings. The first-order chi connectivity index (χ1) is 10.6. The highest BCUT2D eigenvalue weighted by molar-refractivity contribution is 6.03. The Morgan fingerprint density at radius 2 is 1.95 bits per heavy atom. The molecular formula is C17H20N2O3. The Balaban J connectivity index is 1.90. The Kier molecular flexibility index (Phi) is 3.90. The first-order valence-electron chi connectivity index (χ1n) is 7.27. The molecule has 1 saturated heterocycles. The Morgan fingerprint density at radius 3 is 2.50 bits per heavy atom. The van der Waals surface area contributed by atoms with Crippen LogP contribution in [0.15, 0.2) is 47.1 Å². The van der Waals surface area contributed by atoms with Crippen molar-refractivity contribution in [3.05, 3.63) is 48.4 Å². The summed E-state index contributed by atoms with van der Waals surface area (Å²) in [5.74, 6) is 1.64. The van der Waals surface area contributed by atoms with Gasteiger partial charge in [-0.25, -0.2) is 0 Å². The molecule has 0 bridgehead atoms. The number of amides is 1. The quantitative estimate of drug-likeness (QED) is 0.796. The zero-order valence-electron chi connectivity index (χ0n) is 13.0. The second kappa shape index (κ2) is 5.85. The molecule has 2 unspecified atom stereocenters. The zero-order valence-corrected chi connectivity index (χ0v) is 13.0. The molecule has 0 saturated carbocycles. The van der Waals surface area contributed by atoms with Crippen LogP contribution in [0.4, 0.5) is 5.69 Å². The lowest BCUT2D eigenvalue weighted by Crippen LogP contribution is -2.58. The van der Waals surface area contributed by atoms with Crippen molar-refractivity contribution in [3.63, 3.8) is 0 Å². The maximum Gasteiger partial charge on any atom is 0.234 e. The van der Waals surface area contributed by atoms with Gasteiger partial charge in [0.25, 0.3) is 0 Å². The van der Waals surface area contributed by atoms with Crippen LogP contribution >= 0.6 is 0 Å². The van der Waals surface area contributed by atoms with Crippen LogP contribution in [-0.2, 0) is 4.79 Å². The molecule has 116 valence electrons. The van der Waals surface area contributed by atoms with Gasteiger partial charge in [0.15, 0.2) is 0 Å². The normalized spacial score (nSPS) is 21.1. The van der Waals surface area contributed by atoms with Crippen LogP contribution in [-0.4, -0.2) is 38.6 Å². The topological polar surface area (TPSA) is 45.9 Å². The van der Waals surface area contributed by atoms with Gasteiger partial charge in [-0.3, -0.25) is 4.79 Å². The first-order valence-corrected chi connectivity index (χ1v) is 7.27. The average molecular weight is 300 g/mol. The number of methoxy groups -OCH3 is 1. The third-order valence-corrected chi connectivity index (χ3v) is 3.96. The van der Waals surface area contributed by atoms with Crippen molar-refractivity contribution in [2.24, 2.45) is 5.92 Å². The molecule has 3 rings (SSSR count). The smallest absolute Gasteiger partial charge is 0.234 e. The summed E-state index contributed by atoms with van der Waals surface area (Å²) in [4.78, 5) is 16.4. The molecule has 1 aliphatic heterocycles. The zero-order chi connectivity index (χ0) is 15.7. The van der Waals surface area contributed by atoms with Crippen molar-refractivity contribution in [2.45, 2.75) is 6.04 Å². The summed E-state index contributed by atoms with van der Waals surface area (Å²) >= 11 is 0. The number of carbonyl (C=O) groups is 1. The molecule has 5 heteroatoms. The van der Waals surface area contributed by atoms with Gasteiger partial charge in [-0.2, -0.15) is 0 Å². The van der Waals surface area contributed by atoms with Gasteiger partial charge in [0.05, 0.1) is 19.3 Å². The van der Waals surface area contributed by atoms with Crippen molar-refractivity contribution in [1.82, 2.24) is 4.90 Å². The number of rotatable bonds is 5. The van der Waals surface area contributed by atoms with Crippen molar-refractivity contribution < 1.29 is 13.9 Å². The molecule has 0 radical (unpaired) electrons. The van der Waals surface area contributed by atoms with E-state index in [2.05, 4.69) is 0 Å². The molecule has 1 amide bonds. The summed E-state index contributed by atoms with van der Waals surface area (Å²) in [5.41, 5.74) is 0.863. The lowest BCUT2D eigenvalue weighted by molar-refractivity contribution is -0.131. The summed E-state index contributed by atoms with van der Waals surface area (Å²) in [6.07, 6.45) is 1.65. The highest BCUT2D eigenvalue weighted by Gasteiger charge is 2.50. The summed E-state index contributed by atoms with van der Waals surface area (Å²) in [5, 5.41) is 0. The number of ether oxygens (including phenoxy) is 1. The van der Waals surface area contributed by atoms with Crippen LogP contribution in [0.2, 0.25) is 0 Å². The number of carbonyl (C=O) groups excluding carboxylic acids is 1. The summed E-state index contributed by atoms with van der Waals surface area (Å²) in [6.45, 7) is 0.705. The predicted octanol–water partition coefficient (Wildman–Crippen LogP) is 2.55. The van der Waals surface area contributed by atoms with E-state index in [4.69, 9.17) is 9.15 Å². The van der Waals surface area contributed by atoms with Gasteiger partial charge in [-0.15, -0.1) is 0 Å². The van der Waals surface area contributed by atoms with Crippen LogP contribution < -0.4 is 9.64 Å². The predicted molar refractivity (Wildman–Crippen MR) is 84.0 cm³/mol. The number of β-lactam (4-membered cyclic amide) rings is 1. The molecule has 0 spiro atoms. The fourth-order valence-electron chi connectivity index (χ4n) is 2.94. The average Bonchev–Trinajstić information content (AvgIpc) is 3.03. The van der Waals surface area contributed by atoms with Crippen molar-refractivity contribution in [3.8, 4) is 5.75 Å². The molecule has 2 heterocycles. The maximum absolute atomic E-state index is 12.6. The molecule has 1 aliphatic rings. The standard InChI is InChI=1S/C17H20N2O3/c1-18(2)11-14-16(15-5-4-10-22-15)19(17(14)20)12-6-8-13(21-3)9-7-12/h4-10,14,16H,11H2,1-3H3. The van der Waals surface area contributed by atoms with E-state index in [1.807, 2.05) is 55.4 Å². The van der Waals surface area contributed by atoms with Crippen LogP contribution in [0.1, 0.15) is 11.8 Å². The van der Waals surface area contributed by atoms with Gasteiger partial charge >= 0.3 is 0 Å². The number of hydrogen-bond acceptors (Lipinski definition) is 4. The molecule has 0 aliphatic carbocycles. The molecule has 1 aromatic carbocycles. The van der Waals surface area contributed by atoms with Gasteiger partial charge < -0.3 is 19.0 Å². The lowest BCUT2D eigenvalue weighted by Gasteiger charge is -2.46. The van der Waals surface area contributed by atoms with E-state index < -0.39 is 0 Å². The van der Waals surface area contributed by atoms with Gasteiger partial charge in [0.1, 0.15) is 17.6 Å². The molecule has 0 N–H and O–H groups in total. The lowest BCUT2D eigenvalue weighted by atomic mass is 9.84. The van der Waals surface area contributed by atoms with Crippen molar-refractivity contribution in [2.75, 3.05) is 32.6 Å². The molecule has 1 aromatic heterocycles. The Morgan fingerprint density at radius 1 is 1.23 bits per heavy atom. The van der Waals surface area contributed by atoms with E-state index >= 15 is 0 Å². The van der Waals surface area contributed by atoms with E-state index in [-0.39, 0.29) is 17.9 Å². The van der Waals surface area contributed by atoms with Gasteiger partial charge in [0.2, 0.25) is 5.91 Å². The van der Waals surface area contributed by atoms with E-state index in [1.165, 1.54) is 0 Å². The maximum atomic E-state index is 12.6. The highest BCUT2D eigenvalue weighted by Crippen LogP contribution is 2.44. The van der Waals surface area contributed by atoms with Gasteiger partial charge in [-0.1, -0.05) is 0 Å². The van der Waals surface area contributed by atoms with Gasteiger partial charge in [-0.05, 0) is 50.5 Å². The molecule has 5 nitrogen and oxygen atoms in total. The van der Waals surface area contributed by atoms with Crippen LogP contribution in [0.3, 0.4) is 0 Å². The largest absolute Gasteiger partial charge is 0.497 e. The van der Waals surface area contributed by atoms with Crippen LogP contribution in [0.5, 0.6) is 5.75 Å². The second-order valence-electron chi connectivity index (χ2n) is 5.74. The highest BCUT2D eigenvalue weighted by atomic mass is 16.5. The van der Waals surface area contributed by atoms with E-state index in [1.54, 1.807) is 18.3 Å². The minimum atomic E-state index is -0.0803. The third kappa shape index (κ3) is 2.48. The van der Waals surface area contributed by atoms with Crippen LogP contribution in [0, 0.1) is 5.92 Å². The van der Waals surface area contributed by atoms with Crippen molar-refractivity contribution in [1.29, 1.82) is 0 Å². The molecular weight excluding hydrogens is 280 g/mol. The van der Waals surface area contributed by atoms with E-state index in [0.29, 0.717) is 6.54 Å². The molecule has 2 aromatic rings. The number of hydrogen-bond donors (Lipinski definition) is 0. The van der Waals surface area contributed by atoms with Crippen LogP contribution in [0.25, 0.3) is 0 Å². The Bertz CT molecular complexity index is 634. The number of furan rings is 1. The minimum Gasteiger partial charge on any atom is -0.497 e. The fourth-order valence-corrected chi connectivity index (χ4v) is 2.94. The monoisotopic (exact) mass is 300 g/mol. The number of benzene rings is 1. The molecule has 22 heavy (non-hydrogen) atoms. The third-order valence-electron chi connectivity index (χ3n) is 3.96. The second-order valence-corrected chi connectivity index (χ2v) is 5.74. The summed E-state index contributed by atoms with van der Waals surface area (Å²) in [7, 11) is 5.58. The minimum absolute atomic E-state index is 0.0571. The van der Waals surface area contributed by atoms with E-state index in [0.717, 1.165) is 17.2 Å². The SMILES string of the molecule is COc1ccc(N2C(=O)C(CN(C)C)C2c2ccco2)cc1. The number of nitrogens with zero attached hydrogens (tertiary/aromatic N) is 2. The summed E-state index contributed by atoms with van der Waals surface area (Å²) in [6, 6.07) is 11.3. The fraction of sp³-hybridized carbons (Fsp3) is 0.353. The molecule has 2 atom stereocenters. The van der Waals surface area contributed by atoms with Gasteiger partial charge in [0, 0.05) is 12.2 Å². The Hall–Kier alpha value is -2.27. The van der Waals surface area contributed by atoms with E-state index in [9.17, 15) is 4.79 Å².